The van der Waals surface area contributed by atoms with E-state index in [9.17, 15) is 0 Å². The fraction of sp³-hybridized carbons (Fsp3) is 0.909. The molecule has 0 aromatic heterocycles. The van der Waals surface area contributed by atoms with E-state index in [-0.39, 0.29) is 5.54 Å². The molecule has 0 saturated carbocycles. The summed E-state index contributed by atoms with van der Waals surface area (Å²) in [6.45, 7) is 8.32. The zero-order chi connectivity index (χ0) is 11.2. The quantitative estimate of drug-likeness (QED) is 0.484. The van der Waals surface area contributed by atoms with Gasteiger partial charge in [0.05, 0.1) is 0 Å². The molecule has 0 aromatic carbocycles. The predicted octanol–water partition coefficient (Wildman–Crippen LogP) is 1.74. The summed E-state index contributed by atoms with van der Waals surface area (Å²) in [4.78, 5) is 2.19. The summed E-state index contributed by atoms with van der Waals surface area (Å²) >= 11 is 0. The van der Waals surface area contributed by atoms with Gasteiger partial charge >= 0.3 is 0 Å². The fourth-order valence-electron chi connectivity index (χ4n) is 1.55. The van der Waals surface area contributed by atoms with Crippen LogP contribution >= 0.6 is 0 Å². The van der Waals surface area contributed by atoms with E-state index in [1.807, 2.05) is 6.92 Å². The van der Waals surface area contributed by atoms with Gasteiger partial charge in [-0.05, 0) is 54.4 Å². The highest BCUT2D eigenvalue weighted by molar-refractivity contribution is 5.79. The van der Waals surface area contributed by atoms with Crippen LogP contribution in [0, 0.1) is 5.41 Å². The van der Waals surface area contributed by atoms with E-state index < -0.39 is 0 Å². The second kappa shape index (κ2) is 6.14. The van der Waals surface area contributed by atoms with Crippen molar-refractivity contribution < 1.29 is 0 Å². The van der Waals surface area contributed by atoms with Crippen LogP contribution in [0.1, 0.15) is 33.6 Å². The summed E-state index contributed by atoms with van der Waals surface area (Å²) < 4.78 is 0. The first-order valence-corrected chi connectivity index (χ1v) is 5.27. The Balaban J connectivity index is 3.60. The van der Waals surface area contributed by atoms with Gasteiger partial charge < -0.3 is 15.6 Å². The molecule has 0 atom stereocenters. The Morgan fingerprint density at radius 2 is 1.93 bits per heavy atom. The van der Waals surface area contributed by atoms with Crippen molar-refractivity contribution in [3.63, 3.8) is 0 Å². The molecule has 0 aliphatic carbocycles. The smallest absolute Gasteiger partial charge is 0.0176 e. The van der Waals surface area contributed by atoms with Crippen molar-refractivity contribution in [3.05, 3.63) is 0 Å². The topological polar surface area (TPSA) is 39.1 Å². The van der Waals surface area contributed by atoms with Crippen LogP contribution in [-0.2, 0) is 0 Å². The van der Waals surface area contributed by atoms with Gasteiger partial charge in [-0.2, -0.15) is 0 Å². The van der Waals surface area contributed by atoms with Crippen molar-refractivity contribution in [1.29, 1.82) is 5.41 Å². The standard InChI is InChI=1S/C11H25N3/c1-10(12)9-11(2,3)13-7-6-8-14(4)5/h12-13H,6-9H2,1-5H3. The van der Waals surface area contributed by atoms with Gasteiger partial charge in [-0.15, -0.1) is 0 Å². The third-order valence-electron chi connectivity index (χ3n) is 2.09. The summed E-state index contributed by atoms with van der Waals surface area (Å²) in [5.41, 5.74) is 0.813. The average molecular weight is 199 g/mol. The first-order valence-electron chi connectivity index (χ1n) is 5.27. The molecule has 0 aliphatic rings. The van der Waals surface area contributed by atoms with E-state index in [0.717, 1.165) is 31.6 Å². The Bertz CT molecular complexity index is 173. The van der Waals surface area contributed by atoms with Gasteiger partial charge in [-0.25, -0.2) is 0 Å². The van der Waals surface area contributed by atoms with E-state index in [4.69, 9.17) is 5.41 Å². The van der Waals surface area contributed by atoms with Gasteiger partial charge in [0, 0.05) is 17.7 Å². The van der Waals surface area contributed by atoms with Crippen LogP contribution in [0.4, 0.5) is 0 Å². The van der Waals surface area contributed by atoms with E-state index in [0.29, 0.717) is 0 Å². The lowest BCUT2D eigenvalue weighted by atomic mass is 9.98. The molecule has 84 valence electrons. The summed E-state index contributed by atoms with van der Waals surface area (Å²) in [6, 6.07) is 0. The van der Waals surface area contributed by atoms with E-state index >= 15 is 0 Å². The maximum absolute atomic E-state index is 7.45. The summed E-state index contributed by atoms with van der Waals surface area (Å²) in [7, 11) is 4.18. The number of hydrogen-bond acceptors (Lipinski definition) is 3. The molecule has 0 aromatic rings. The molecule has 0 spiro atoms. The molecule has 0 bridgehead atoms. The van der Waals surface area contributed by atoms with Crippen LogP contribution in [0.25, 0.3) is 0 Å². The van der Waals surface area contributed by atoms with Crippen molar-refractivity contribution in [2.24, 2.45) is 0 Å². The van der Waals surface area contributed by atoms with Crippen LogP contribution in [-0.4, -0.2) is 43.3 Å². The number of rotatable bonds is 7. The maximum atomic E-state index is 7.45. The van der Waals surface area contributed by atoms with Crippen molar-refractivity contribution in [2.45, 2.75) is 39.2 Å². The third-order valence-corrected chi connectivity index (χ3v) is 2.09. The van der Waals surface area contributed by atoms with Gasteiger partial charge in [-0.3, -0.25) is 0 Å². The first kappa shape index (κ1) is 13.6. The zero-order valence-electron chi connectivity index (χ0n) is 10.3. The van der Waals surface area contributed by atoms with Crippen molar-refractivity contribution in [1.82, 2.24) is 10.2 Å². The third kappa shape index (κ3) is 8.20. The summed E-state index contributed by atoms with van der Waals surface area (Å²) in [5, 5.41) is 10.9. The minimum atomic E-state index is 0.0676. The van der Waals surface area contributed by atoms with E-state index in [2.05, 4.69) is 38.2 Å². The molecule has 3 heteroatoms. The normalized spacial score (nSPS) is 12.1. The highest BCUT2D eigenvalue weighted by Crippen LogP contribution is 2.08. The highest BCUT2D eigenvalue weighted by atomic mass is 15.1. The molecular formula is C11H25N3. The van der Waals surface area contributed by atoms with Crippen LogP contribution in [0.2, 0.25) is 0 Å². The molecule has 0 amide bonds. The largest absolute Gasteiger partial charge is 0.311 e. The molecule has 0 unspecified atom stereocenters. The second-order valence-electron chi connectivity index (χ2n) is 4.92. The molecule has 0 rings (SSSR count). The van der Waals surface area contributed by atoms with E-state index in [1.54, 1.807) is 0 Å². The molecule has 3 nitrogen and oxygen atoms in total. The summed E-state index contributed by atoms with van der Waals surface area (Å²) in [5.74, 6) is 0. The van der Waals surface area contributed by atoms with Gasteiger partial charge in [0.1, 0.15) is 0 Å². The molecule has 0 heterocycles. The Kier molecular flexibility index (Phi) is 5.96. The average Bonchev–Trinajstić information content (AvgIpc) is 1.95. The molecule has 0 aliphatic heterocycles. The molecule has 0 fully saturated rings. The summed E-state index contributed by atoms with van der Waals surface area (Å²) in [6.07, 6.45) is 1.99. The van der Waals surface area contributed by atoms with Gasteiger partial charge in [0.2, 0.25) is 0 Å². The monoisotopic (exact) mass is 199 g/mol. The SMILES string of the molecule is CC(=N)CC(C)(C)NCCCN(C)C. The molecule has 2 N–H and O–H groups in total. The fourth-order valence-corrected chi connectivity index (χ4v) is 1.55. The van der Waals surface area contributed by atoms with Crippen molar-refractivity contribution >= 4 is 5.71 Å². The van der Waals surface area contributed by atoms with Crippen LogP contribution < -0.4 is 5.32 Å². The Morgan fingerprint density at radius 1 is 1.36 bits per heavy atom. The lowest BCUT2D eigenvalue weighted by Crippen LogP contribution is -2.41. The van der Waals surface area contributed by atoms with Crippen molar-refractivity contribution in [3.8, 4) is 0 Å². The molecule has 0 radical (unpaired) electrons. The number of hydrogen-bond donors (Lipinski definition) is 2. The number of nitrogens with one attached hydrogen (secondary N) is 2. The van der Waals surface area contributed by atoms with Crippen molar-refractivity contribution in [2.75, 3.05) is 27.2 Å². The minimum absolute atomic E-state index is 0.0676. The van der Waals surface area contributed by atoms with Gasteiger partial charge in [0.15, 0.2) is 0 Å². The molecule has 14 heavy (non-hydrogen) atoms. The predicted molar refractivity (Wildman–Crippen MR) is 63.3 cm³/mol. The Morgan fingerprint density at radius 3 is 2.36 bits per heavy atom. The Hall–Kier alpha value is -0.410. The van der Waals surface area contributed by atoms with Gasteiger partial charge in [-0.1, -0.05) is 0 Å². The number of nitrogens with zero attached hydrogens (tertiary/aromatic N) is 1. The van der Waals surface area contributed by atoms with Crippen LogP contribution in [0.15, 0.2) is 0 Å². The molecule has 0 saturated heterocycles. The lowest BCUT2D eigenvalue weighted by molar-refractivity contribution is 0.356. The minimum Gasteiger partial charge on any atom is -0.311 e. The maximum Gasteiger partial charge on any atom is 0.0176 e. The zero-order valence-corrected chi connectivity index (χ0v) is 10.3. The van der Waals surface area contributed by atoms with Crippen LogP contribution in [0.5, 0.6) is 0 Å². The van der Waals surface area contributed by atoms with E-state index in [1.165, 1.54) is 0 Å². The first-order chi connectivity index (χ1) is 6.33. The highest BCUT2D eigenvalue weighted by Gasteiger charge is 2.16. The Labute approximate surface area is 88.4 Å². The second-order valence-corrected chi connectivity index (χ2v) is 4.92. The van der Waals surface area contributed by atoms with Crippen LogP contribution in [0.3, 0.4) is 0 Å². The lowest BCUT2D eigenvalue weighted by Gasteiger charge is -2.26. The van der Waals surface area contributed by atoms with Gasteiger partial charge in [0.25, 0.3) is 0 Å². The molecular weight excluding hydrogens is 174 g/mol.